The van der Waals surface area contributed by atoms with Crippen molar-refractivity contribution in [2.24, 2.45) is 17.6 Å². The minimum absolute atomic E-state index is 0.0186. The van der Waals surface area contributed by atoms with Crippen LogP contribution < -0.4 is 11.1 Å². The molecule has 1 aromatic rings. The van der Waals surface area contributed by atoms with Crippen molar-refractivity contribution in [3.63, 3.8) is 0 Å². The fraction of sp³-hybridized carbons (Fsp3) is 0.667. The molecule has 4 nitrogen and oxygen atoms in total. The lowest BCUT2D eigenvalue weighted by molar-refractivity contribution is -0.124. The van der Waals surface area contributed by atoms with Crippen LogP contribution in [0.2, 0.25) is 0 Å². The van der Waals surface area contributed by atoms with E-state index in [9.17, 15) is 4.79 Å². The normalized spacial score (nSPS) is 19.5. The second kappa shape index (κ2) is 7.76. The summed E-state index contributed by atoms with van der Waals surface area (Å²) >= 11 is 1.76. The standard InChI is InChI=1S/C15H24N2O2S/c1-11(9-13-3-2-8-20-13)10-17-15(18)14(16)12-4-6-19-7-5-12/h2-3,8,11-12,14H,4-7,9-10,16H2,1H3,(H,17,18). The van der Waals surface area contributed by atoms with E-state index in [2.05, 4.69) is 29.8 Å². The first kappa shape index (κ1) is 15.5. The first-order valence-corrected chi connectivity index (χ1v) is 8.18. The minimum Gasteiger partial charge on any atom is -0.381 e. The highest BCUT2D eigenvalue weighted by atomic mass is 32.1. The predicted molar refractivity (Wildman–Crippen MR) is 81.7 cm³/mol. The molecule has 0 spiro atoms. The Morgan fingerprint density at radius 3 is 2.95 bits per heavy atom. The smallest absolute Gasteiger partial charge is 0.237 e. The highest BCUT2D eigenvalue weighted by Crippen LogP contribution is 2.18. The summed E-state index contributed by atoms with van der Waals surface area (Å²) in [5, 5.41) is 5.08. The Kier molecular flexibility index (Phi) is 6.01. The molecule has 2 rings (SSSR count). The van der Waals surface area contributed by atoms with E-state index in [0.717, 1.165) is 32.5 Å². The molecule has 20 heavy (non-hydrogen) atoms. The zero-order chi connectivity index (χ0) is 14.4. The third-order valence-electron chi connectivity index (χ3n) is 3.83. The molecule has 0 aromatic carbocycles. The van der Waals surface area contributed by atoms with Gasteiger partial charge in [-0.1, -0.05) is 13.0 Å². The molecule has 3 N–H and O–H groups in total. The Labute approximate surface area is 124 Å². The maximum Gasteiger partial charge on any atom is 0.237 e. The van der Waals surface area contributed by atoms with Gasteiger partial charge in [0, 0.05) is 24.6 Å². The van der Waals surface area contributed by atoms with Crippen molar-refractivity contribution in [3.05, 3.63) is 22.4 Å². The molecule has 5 heteroatoms. The van der Waals surface area contributed by atoms with Crippen molar-refractivity contribution >= 4 is 17.2 Å². The first-order valence-electron chi connectivity index (χ1n) is 7.30. The summed E-state index contributed by atoms with van der Waals surface area (Å²) < 4.78 is 5.30. The largest absolute Gasteiger partial charge is 0.381 e. The van der Waals surface area contributed by atoms with Crippen molar-refractivity contribution in [2.45, 2.75) is 32.2 Å². The van der Waals surface area contributed by atoms with Crippen LogP contribution in [0.1, 0.15) is 24.6 Å². The maximum atomic E-state index is 12.1. The van der Waals surface area contributed by atoms with Gasteiger partial charge >= 0.3 is 0 Å². The van der Waals surface area contributed by atoms with Crippen LogP contribution >= 0.6 is 11.3 Å². The molecular weight excluding hydrogens is 272 g/mol. The lowest BCUT2D eigenvalue weighted by atomic mass is 9.91. The predicted octanol–water partition coefficient (Wildman–Crippen LogP) is 1.80. The van der Waals surface area contributed by atoms with E-state index < -0.39 is 6.04 Å². The Morgan fingerprint density at radius 1 is 1.55 bits per heavy atom. The fourth-order valence-electron chi connectivity index (χ4n) is 2.53. The lowest BCUT2D eigenvalue weighted by Crippen LogP contribution is -2.48. The van der Waals surface area contributed by atoms with Gasteiger partial charge in [-0.15, -0.1) is 11.3 Å². The van der Waals surface area contributed by atoms with E-state index in [4.69, 9.17) is 10.5 Å². The van der Waals surface area contributed by atoms with Crippen molar-refractivity contribution in [3.8, 4) is 0 Å². The average Bonchev–Trinajstić information content (AvgIpc) is 2.97. The van der Waals surface area contributed by atoms with Crippen LogP contribution in [-0.2, 0) is 16.0 Å². The average molecular weight is 296 g/mol. The fourth-order valence-corrected chi connectivity index (χ4v) is 3.40. The van der Waals surface area contributed by atoms with Crippen LogP contribution in [0.25, 0.3) is 0 Å². The molecule has 2 heterocycles. The van der Waals surface area contributed by atoms with Crippen LogP contribution in [0.15, 0.2) is 17.5 Å². The van der Waals surface area contributed by atoms with E-state index in [1.165, 1.54) is 4.88 Å². The van der Waals surface area contributed by atoms with E-state index >= 15 is 0 Å². The van der Waals surface area contributed by atoms with Crippen LogP contribution in [0, 0.1) is 11.8 Å². The summed E-state index contributed by atoms with van der Waals surface area (Å²) in [6, 6.07) is 3.80. The molecule has 1 aliphatic rings. The van der Waals surface area contributed by atoms with Gasteiger partial charge in [-0.05, 0) is 42.5 Å². The minimum atomic E-state index is -0.396. The van der Waals surface area contributed by atoms with E-state index in [1.807, 2.05) is 0 Å². The third-order valence-corrected chi connectivity index (χ3v) is 4.73. The zero-order valence-electron chi connectivity index (χ0n) is 12.0. The monoisotopic (exact) mass is 296 g/mol. The van der Waals surface area contributed by atoms with Crippen LogP contribution in [0.5, 0.6) is 0 Å². The van der Waals surface area contributed by atoms with Gasteiger partial charge in [-0.25, -0.2) is 0 Å². The number of nitrogens with two attached hydrogens (primary N) is 1. The Hall–Kier alpha value is -0.910. The summed E-state index contributed by atoms with van der Waals surface area (Å²) in [6.07, 6.45) is 2.78. The first-order chi connectivity index (χ1) is 9.66. The Morgan fingerprint density at radius 2 is 2.30 bits per heavy atom. The molecule has 1 amide bonds. The second-order valence-corrected chi connectivity index (χ2v) is 6.64. The van der Waals surface area contributed by atoms with Gasteiger partial charge < -0.3 is 15.8 Å². The number of amides is 1. The number of ether oxygens (including phenoxy) is 1. The molecule has 2 unspecified atom stereocenters. The summed E-state index contributed by atoms with van der Waals surface area (Å²) in [5.74, 6) is 0.672. The quantitative estimate of drug-likeness (QED) is 0.841. The molecule has 0 bridgehead atoms. The Bertz CT molecular complexity index is 402. The molecule has 2 atom stereocenters. The lowest BCUT2D eigenvalue weighted by Gasteiger charge is -2.27. The zero-order valence-corrected chi connectivity index (χ0v) is 12.8. The van der Waals surface area contributed by atoms with Gasteiger partial charge in [0.2, 0.25) is 5.91 Å². The van der Waals surface area contributed by atoms with Gasteiger partial charge in [0.1, 0.15) is 0 Å². The third kappa shape index (κ3) is 4.58. The number of thiophene rings is 1. The number of carbonyl (C=O) groups is 1. The molecule has 1 aliphatic heterocycles. The van der Waals surface area contributed by atoms with Gasteiger partial charge in [-0.3, -0.25) is 4.79 Å². The summed E-state index contributed by atoms with van der Waals surface area (Å²) in [4.78, 5) is 13.4. The molecule has 112 valence electrons. The molecule has 0 saturated carbocycles. The van der Waals surface area contributed by atoms with Crippen molar-refractivity contribution in [1.82, 2.24) is 5.32 Å². The summed E-state index contributed by atoms with van der Waals surface area (Å²) in [7, 11) is 0. The maximum absolute atomic E-state index is 12.1. The van der Waals surface area contributed by atoms with E-state index in [1.54, 1.807) is 11.3 Å². The molecular formula is C15H24N2O2S. The number of rotatable bonds is 6. The topological polar surface area (TPSA) is 64.4 Å². The van der Waals surface area contributed by atoms with Crippen molar-refractivity contribution in [1.29, 1.82) is 0 Å². The SMILES string of the molecule is CC(CNC(=O)C(N)C1CCOCC1)Cc1cccs1. The summed E-state index contributed by atoms with van der Waals surface area (Å²) in [5.41, 5.74) is 6.05. The van der Waals surface area contributed by atoms with Crippen LogP contribution in [0.4, 0.5) is 0 Å². The van der Waals surface area contributed by atoms with Gasteiger partial charge in [-0.2, -0.15) is 0 Å². The van der Waals surface area contributed by atoms with E-state index in [0.29, 0.717) is 12.5 Å². The molecule has 1 aromatic heterocycles. The number of nitrogens with one attached hydrogen (secondary N) is 1. The Balaban J connectivity index is 1.70. The second-order valence-electron chi connectivity index (χ2n) is 5.61. The van der Waals surface area contributed by atoms with Gasteiger partial charge in [0.15, 0.2) is 0 Å². The van der Waals surface area contributed by atoms with Crippen LogP contribution in [0.3, 0.4) is 0 Å². The van der Waals surface area contributed by atoms with Crippen molar-refractivity contribution in [2.75, 3.05) is 19.8 Å². The molecule has 0 radical (unpaired) electrons. The highest BCUT2D eigenvalue weighted by Gasteiger charge is 2.26. The van der Waals surface area contributed by atoms with Gasteiger partial charge in [0.05, 0.1) is 6.04 Å². The van der Waals surface area contributed by atoms with Crippen molar-refractivity contribution < 1.29 is 9.53 Å². The number of carbonyl (C=O) groups excluding carboxylic acids is 1. The van der Waals surface area contributed by atoms with Crippen LogP contribution in [-0.4, -0.2) is 31.7 Å². The van der Waals surface area contributed by atoms with Gasteiger partial charge in [0.25, 0.3) is 0 Å². The number of hydrogen-bond acceptors (Lipinski definition) is 4. The molecule has 0 aliphatic carbocycles. The molecule has 1 saturated heterocycles. The van der Waals surface area contributed by atoms with E-state index in [-0.39, 0.29) is 11.8 Å². The molecule has 1 fully saturated rings. The number of hydrogen-bond donors (Lipinski definition) is 2. The highest BCUT2D eigenvalue weighted by molar-refractivity contribution is 7.09. The summed E-state index contributed by atoms with van der Waals surface area (Å²) in [6.45, 7) is 4.29.